The van der Waals surface area contributed by atoms with Crippen LogP contribution in [0.2, 0.25) is 0 Å². The molecule has 0 saturated heterocycles. The van der Waals surface area contributed by atoms with E-state index in [1.54, 1.807) is 0 Å². The summed E-state index contributed by atoms with van der Waals surface area (Å²) in [5.41, 5.74) is 3.26. The van der Waals surface area contributed by atoms with E-state index in [0.717, 1.165) is 32.9 Å². The molecule has 0 amide bonds. The van der Waals surface area contributed by atoms with Crippen molar-refractivity contribution in [2.45, 2.75) is 6.42 Å². The minimum Gasteiger partial charge on any atom is -0.377 e. The summed E-state index contributed by atoms with van der Waals surface area (Å²) in [6.07, 6.45) is -0.156. The molecule has 0 radical (unpaired) electrons. The molecule has 0 bridgehead atoms. The van der Waals surface area contributed by atoms with Gasteiger partial charge in [-0.05, 0) is 35.0 Å². The van der Waals surface area contributed by atoms with E-state index in [2.05, 4.69) is 0 Å². The molecule has 0 aliphatic rings. The summed E-state index contributed by atoms with van der Waals surface area (Å²) in [6.45, 7) is 0. The fraction of sp³-hybridized carbons (Fsp3) is 0.185. The van der Waals surface area contributed by atoms with Crippen LogP contribution in [0.3, 0.4) is 0 Å². The standard InChI is InChI=1S/C27H26N2O2/c1-28(2)24-15-13-22(18-9-5-7-11-20(18)24)26(30)17-27(31)23-14-16-25(29(3)4)21-12-8-6-10-19(21)23/h5-16H,17H2,1-4H3. The fourth-order valence-corrected chi connectivity index (χ4v) is 4.17. The number of carbonyl (C=O) groups is 2. The van der Waals surface area contributed by atoms with Crippen molar-refractivity contribution in [1.82, 2.24) is 0 Å². The van der Waals surface area contributed by atoms with Crippen LogP contribution in [0.5, 0.6) is 0 Å². The monoisotopic (exact) mass is 410 g/mol. The van der Waals surface area contributed by atoms with Crippen molar-refractivity contribution in [1.29, 1.82) is 0 Å². The molecule has 156 valence electrons. The zero-order chi connectivity index (χ0) is 22.1. The van der Waals surface area contributed by atoms with Gasteiger partial charge in [-0.25, -0.2) is 0 Å². The second-order valence-corrected chi connectivity index (χ2v) is 8.17. The van der Waals surface area contributed by atoms with Crippen LogP contribution in [0.25, 0.3) is 21.5 Å². The lowest BCUT2D eigenvalue weighted by molar-refractivity contribution is 0.0896. The lowest BCUT2D eigenvalue weighted by atomic mass is 9.93. The third-order valence-electron chi connectivity index (χ3n) is 5.69. The Hall–Kier alpha value is -3.66. The Balaban J connectivity index is 1.72. The first-order chi connectivity index (χ1) is 14.9. The topological polar surface area (TPSA) is 40.6 Å². The second kappa shape index (κ2) is 8.23. The number of Topliss-reactive ketones (excluding diaryl/α,β-unsaturated/α-hetero) is 2. The van der Waals surface area contributed by atoms with E-state index < -0.39 is 0 Å². The Labute approximate surface area is 182 Å². The van der Waals surface area contributed by atoms with Gasteiger partial charge in [0, 0.05) is 61.5 Å². The molecule has 4 heteroatoms. The molecule has 0 fully saturated rings. The molecule has 0 aliphatic carbocycles. The highest BCUT2D eigenvalue weighted by Gasteiger charge is 2.19. The van der Waals surface area contributed by atoms with Crippen LogP contribution in [0, 0.1) is 0 Å². The van der Waals surface area contributed by atoms with Gasteiger partial charge in [0.25, 0.3) is 0 Å². The molecule has 0 N–H and O–H groups in total. The van der Waals surface area contributed by atoms with Crippen LogP contribution in [0.4, 0.5) is 11.4 Å². The first-order valence-electron chi connectivity index (χ1n) is 10.3. The van der Waals surface area contributed by atoms with Crippen LogP contribution in [-0.4, -0.2) is 39.8 Å². The predicted octanol–water partition coefficient (Wildman–Crippen LogP) is 5.58. The molecule has 0 aliphatic heterocycles. The molecule has 0 heterocycles. The van der Waals surface area contributed by atoms with Crippen molar-refractivity contribution in [2.75, 3.05) is 38.0 Å². The van der Waals surface area contributed by atoms with Crippen molar-refractivity contribution in [3.8, 4) is 0 Å². The molecule has 0 spiro atoms. The SMILES string of the molecule is CN(C)c1ccc(C(=O)CC(=O)c2ccc(N(C)C)c3ccccc23)c2ccccc12. The first-order valence-corrected chi connectivity index (χ1v) is 10.3. The largest absolute Gasteiger partial charge is 0.377 e. The molecule has 4 aromatic rings. The summed E-state index contributed by atoms with van der Waals surface area (Å²) in [6, 6.07) is 23.3. The molecule has 4 aromatic carbocycles. The van der Waals surface area contributed by atoms with Crippen molar-refractivity contribution in [2.24, 2.45) is 0 Å². The van der Waals surface area contributed by atoms with Gasteiger partial charge in [0.1, 0.15) is 0 Å². The average Bonchev–Trinajstić information content (AvgIpc) is 2.77. The van der Waals surface area contributed by atoms with Crippen LogP contribution >= 0.6 is 0 Å². The molecular weight excluding hydrogens is 384 g/mol. The van der Waals surface area contributed by atoms with Crippen LogP contribution < -0.4 is 9.80 Å². The van der Waals surface area contributed by atoms with Gasteiger partial charge < -0.3 is 9.80 Å². The average molecular weight is 411 g/mol. The van der Waals surface area contributed by atoms with Gasteiger partial charge in [-0.15, -0.1) is 0 Å². The number of rotatable bonds is 6. The summed E-state index contributed by atoms with van der Waals surface area (Å²) in [5, 5.41) is 3.76. The molecule has 4 nitrogen and oxygen atoms in total. The quantitative estimate of drug-likeness (QED) is 0.307. The third-order valence-corrected chi connectivity index (χ3v) is 5.69. The molecule has 0 saturated carbocycles. The molecule has 31 heavy (non-hydrogen) atoms. The zero-order valence-corrected chi connectivity index (χ0v) is 18.3. The van der Waals surface area contributed by atoms with E-state index in [9.17, 15) is 9.59 Å². The van der Waals surface area contributed by atoms with Crippen LogP contribution in [0.1, 0.15) is 27.1 Å². The number of ketones is 2. The summed E-state index contributed by atoms with van der Waals surface area (Å²) in [5.74, 6) is -0.320. The predicted molar refractivity (Wildman–Crippen MR) is 130 cm³/mol. The number of fused-ring (bicyclic) bond motifs is 2. The fourth-order valence-electron chi connectivity index (χ4n) is 4.17. The zero-order valence-electron chi connectivity index (χ0n) is 18.3. The van der Waals surface area contributed by atoms with E-state index in [1.807, 2.05) is 111 Å². The van der Waals surface area contributed by atoms with Crippen molar-refractivity contribution >= 4 is 44.5 Å². The number of anilines is 2. The van der Waals surface area contributed by atoms with Gasteiger partial charge in [-0.3, -0.25) is 9.59 Å². The van der Waals surface area contributed by atoms with E-state index in [4.69, 9.17) is 0 Å². The smallest absolute Gasteiger partial charge is 0.171 e. The van der Waals surface area contributed by atoms with Gasteiger partial charge in [-0.1, -0.05) is 48.5 Å². The third kappa shape index (κ3) is 3.77. The van der Waals surface area contributed by atoms with E-state index in [1.165, 1.54) is 0 Å². The number of hydrogen-bond donors (Lipinski definition) is 0. The molecule has 0 aromatic heterocycles. The highest BCUT2D eigenvalue weighted by atomic mass is 16.1. The molecular formula is C27H26N2O2. The normalized spacial score (nSPS) is 11.0. The van der Waals surface area contributed by atoms with Crippen LogP contribution in [0.15, 0.2) is 72.8 Å². The Morgan fingerprint density at radius 2 is 0.903 bits per heavy atom. The number of carbonyl (C=O) groups excluding carboxylic acids is 2. The number of hydrogen-bond acceptors (Lipinski definition) is 4. The summed E-state index contributed by atoms with van der Waals surface area (Å²) in [7, 11) is 7.93. The Morgan fingerprint density at radius 3 is 1.26 bits per heavy atom. The maximum Gasteiger partial charge on any atom is 0.171 e. The van der Waals surface area contributed by atoms with E-state index >= 15 is 0 Å². The minimum absolute atomic E-state index is 0.156. The highest BCUT2D eigenvalue weighted by molar-refractivity contribution is 6.22. The molecule has 4 rings (SSSR count). The first kappa shape index (κ1) is 20.6. The lowest BCUT2D eigenvalue weighted by Crippen LogP contribution is -2.13. The summed E-state index contributed by atoms with van der Waals surface area (Å²) < 4.78 is 0. The van der Waals surface area contributed by atoms with Gasteiger partial charge in [-0.2, -0.15) is 0 Å². The summed E-state index contributed by atoms with van der Waals surface area (Å²) in [4.78, 5) is 30.4. The van der Waals surface area contributed by atoms with Crippen LogP contribution in [-0.2, 0) is 0 Å². The van der Waals surface area contributed by atoms with Crippen molar-refractivity contribution < 1.29 is 9.59 Å². The Morgan fingerprint density at radius 1 is 0.548 bits per heavy atom. The van der Waals surface area contributed by atoms with Gasteiger partial charge >= 0.3 is 0 Å². The van der Waals surface area contributed by atoms with Crippen molar-refractivity contribution in [3.05, 3.63) is 83.9 Å². The maximum atomic E-state index is 13.2. The van der Waals surface area contributed by atoms with Gasteiger partial charge in [0.05, 0.1) is 6.42 Å². The van der Waals surface area contributed by atoms with Crippen molar-refractivity contribution in [3.63, 3.8) is 0 Å². The van der Waals surface area contributed by atoms with E-state index in [0.29, 0.717) is 11.1 Å². The number of nitrogens with zero attached hydrogens (tertiary/aromatic N) is 2. The van der Waals surface area contributed by atoms with Gasteiger partial charge in [0.15, 0.2) is 11.6 Å². The summed E-state index contributed by atoms with van der Waals surface area (Å²) >= 11 is 0. The second-order valence-electron chi connectivity index (χ2n) is 8.17. The lowest BCUT2D eigenvalue weighted by Gasteiger charge is -2.18. The van der Waals surface area contributed by atoms with Gasteiger partial charge in [0.2, 0.25) is 0 Å². The maximum absolute atomic E-state index is 13.2. The number of benzene rings is 4. The minimum atomic E-state index is -0.160. The highest BCUT2D eigenvalue weighted by Crippen LogP contribution is 2.31. The van der Waals surface area contributed by atoms with E-state index in [-0.39, 0.29) is 18.0 Å². The Kier molecular flexibility index (Phi) is 5.47. The Bertz CT molecular complexity index is 1200. The molecule has 0 unspecified atom stereocenters. The molecule has 0 atom stereocenters.